The van der Waals surface area contributed by atoms with Gasteiger partial charge in [0.2, 0.25) is 0 Å². The maximum absolute atomic E-state index is 13.4. The predicted molar refractivity (Wildman–Crippen MR) is 146 cm³/mol. The number of hydrogen-bond acceptors (Lipinski definition) is 7. The van der Waals surface area contributed by atoms with Gasteiger partial charge in [0.15, 0.2) is 6.61 Å². The molecule has 1 spiro atoms. The number of ether oxygens (including phenoxy) is 2. The highest BCUT2D eigenvalue weighted by Gasteiger charge is 2.79. The molecule has 210 valence electrons. The number of ketones is 1. The second kappa shape index (κ2) is 8.92. The molecular formula is C31H41BO7. The Balaban J connectivity index is 1.30. The van der Waals surface area contributed by atoms with Crippen molar-refractivity contribution in [2.45, 2.75) is 79.1 Å². The molecule has 1 aromatic rings. The molecule has 1 unspecified atom stereocenters. The molecule has 0 amide bonds. The van der Waals surface area contributed by atoms with Gasteiger partial charge in [-0.25, -0.2) is 4.79 Å². The first-order chi connectivity index (χ1) is 18.4. The Hall–Kier alpha value is -2.16. The van der Waals surface area contributed by atoms with Crippen LogP contribution < -0.4 is 10.2 Å². The quantitative estimate of drug-likeness (QED) is 0.338. The third-order valence-electron chi connectivity index (χ3n) is 12.2. The van der Waals surface area contributed by atoms with E-state index in [0.29, 0.717) is 36.4 Å². The molecule has 5 aliphatic carbocycles. The molecule has 0 radical (unpaired) electrons. The Kier molecular flexibility index (Phi) is 6.18. The van der Waals surface area contributed by atoms with Gasteiger partial charge in [0.1, 0.15) is 17.6 Å². The van der Waals surface area contributed by atoms with Crippen molar-refractivity contribution >= 4 is 24.3 Å². The van der Waals surface area contributed by atoms with Gasteiger partial charge in [0.25, 0.3) is 0 Å². The fourth-order valence-electron chi connectivity index (χ4n) is 9.86. The van der Waals surface area contributed by atoms with E-state index in [0.717, 1.165) is 24.0 Å². The van der Waals surface area contributed by atoms with Gasteiger partial charge in [-0.3, -0.25) is 4.79 Å². The van der Waals surface area contributed by atoms with Gasteiger partial charge in [-0.15, -0.1) is 6.58 Å². The second-order valence-corrected chi connectivity index (χ2v) is 13.5. The van der Waals surface area contributed by atoms with Crippen LogP contribution in [0, 0.1) is 52.8 Å². The van der Waals surface area contributed by atoms with Crippen LogP contribution in [0.1, 0.15) is 64.5 Å². The standard InChI is InChI=1S/C31H41BO7/c1-7-29(5)13-23(39-24(34)15-37-22-9-8-19-14-38-32(36)26(19)17(22)3)30(6)16(2)12-20-25-21(33)10-11-31(20,27(25)30)18(4)28(29)35/h7-9,16,18,20,23,25,27-28,35-36H,1,10-15H2,2-6H3/t16-,18+,20+,23-,25?,27+,28+,29-,30+,31+/m1/s1. The Bertz CT molecular complexity index is 1230. The van der Waals surface area contributed by atoms with Crippen LogP contribution >= 0.6 is 0 Å². The summed E-state index contributed by atoms with van der Waals surface area (Å²) in [6.45, 7) is 14.6. The number of carbonyl (C=O) groups is 2. The molecule has 0 saturated heterocycles. The number of aliphatic hydroxyl groups is 1. The zero-order valence-electron chi connectivity index (χ0n) is 23.7. The summed E-state index contributed by atoms with van der Waals surface area (Å²) in [6.07, 6.45) is 3.40. The fraction of sp³-hybridized carbons (Fsp3) is 0.677. The average Bonchev–Trinajstić information content (AvgIpc) is 3.29. The number of rotatable bonds is 5. The van der Waals surface area contributed by atoms with Gasteiger partial charge in [-0.1, -0.05) is 39.8 Å². The highest BCUT2D eigenvalue weighted by molar-refractivity contribution is 6.62. The molecular weight excluding hydrogens is 495 g/mol. The van der Waals surface area contributed by atoms with Crippen molar-refractivity contribution < 1.29 is 33.8 Å². The van der Waals surface area contributed by atoms with Crippen molar-refractivity contribution in [2.24, 2.45) is 45.8 Å². The minimum atomic E-state index is -0.996. The van der Waals surface area contributed by atoms with Crippen LogP contribution in [0.25, 0.3) is 0 Å². The lowest BCUT2D eigenvalue weighted by atomic mass is 9.25. The van der Waals surface area contributed by atoms with E-state index < -0.39 is 36.1 Å². The van der Waals surface area contributed by atoms with Gasteiger partial charge in [0, 0.05) is 23.2 Å². The van der Waals surface area contributed by atoms with Crippen molar-refractivity contribution in [3.8, 4) is 5.75 Å². The number of carbonyl (C=O) groups excluding carboxylic acids is 2. The Morgan fingerprint density at radius 3 is 2.77 bits per heavy atom. The average molecular weight is 536 g/mol. The van der Waals surface area contributed by atoms with Crippen LogP contribution in [0.2, 0.25) is 0 Å². The third-order valence-corrected chi connectivity index (χ3v) is 12.2. The summed E-state index contributed by atoms with van der Waals surface area (Å²) in [5.74, 6) is 1.00. The summed E-state index contributed by atoms with van der Waals surface area (Å²) in [5.41, 5.74) is 1.16. The normalized spacial score (nSPS) is 44.0. The number of hydrogen-bond donors (Lipinski definition) is 2. The van der Waals surface area contributed by atoms with Gasteiger partial charge in [-0.05, 0) is 77.9 Å². The Morgan fingerprint density at radius 1 is 1.31 bits per heavy atom. The number of Topliss-reactive ketones (excluding diaryl/α,β-unsaturated/α-hetero) is 1. The summed E-state index contributed by atoms with van der Waals surface area (Å²) >= 11 is 0. The highest BCUT2D eigenvalue weighted by atomic mass is 16.6. The van der Waals surface area contributed by atoms with Crippen molar-refractivity contribution in [3.05, 3.63) is 35.9 Å². The summed E-state index contributed by atoms with van der Waals surface area (Å²) in [4.78, 5) is 26.6. The smallest absolute Gasteiger partial charge is 0.482 e. The number of aliphatic hydroxyl groups excluding tert-OH is 1. The van der Waals surface area contributed by atoms with E-state index in [1.165, 1.54) is 0 Å². The van der Waals surface area contributed by atoms with Crippen LogP contribution in [0.4, 0.5) is 0 Å². The zero-order chi connectivity index (χ0) is 28.1. The molecule has 5 fully saturated rings. The predicted octanol–water partition coefficient (Wildman–Crippen LogP) is 3.35. The van der Waals surface area contributed by atoms with Gasteiger partial charge >= 0.3 is 13.1 Å². The molecule has 1 aromatic carbocycles. The molecule has 10 atom stereocenters. The number of esters is 1. The first-order valence-electron chi connectivity index (χ1n) is 14.5. The monoisotopic (exact) mass is 536 g/mol. The lowest BCUT2D eigenvalue weighted by molar-refractivity contribution is -0.322. The van der Waals surface area contributed by atoms with Crippen LogP contribution in [0.15, 0.2) is 24.8 Å². The third kappa shape index (κ3) is 3.47. The van der Waals surface area contributed by atoms with E-state index in [-0.39, 0.29) is 41.6 Å². The molecule has 39 heavy (non-hydrogen) atoms. The van der Waals surface area contributed by atoms with Crippen LogP contribution in [0.5, 0.6) is 5.75 Å². The second-order valence-electron chi connectivity index (χ2n) is 13.5. The van der Waals surface area contributed by atoms with Crippen molar-refractivity contribution in [2.75, 3.05) is 6.61 Å². The minimum absolute atomic E-state index is 0.0113. The van der Waals surface area contributed by atoms with Crippen molar-refractivity contribution in [1.82, 2.24) is 0 Å². The minimum Gasteiger partial charge on any atom is -0.482 e. The SMILES string of the molecule is C=C[C@]1(C)C[C@@H](OC(=O)COc2ccc3c(c2C)B(O)OC3)[C@]2(C)[C@H](C)C[C@H]3C4C(=O)CC[C@@]3([C@@H](C)[C@@H]1O)[C@@H]42. The fourth-order valence-corrected chi connectivity index (χ4v) is 9.86. The van der Waals surface area contributed by atoms with Crippen molar-refractivity contribution in [3.63, 3.8) is 0 Å². The largest absolute Gasteiger partial charge is 0.492 e. The van der Waals surface area contributed by atoms with E-state index >= 15 is 0 Å². The number of fused-ring (bicyclic) bond motifs is 2. The van der Waals surface area contributed by atoms with E-state index in [1.54, 1.807) is 6.07 Å². The summed E-state index contributed by atoms with van der Waals surface area (Å²) in [5, 5.41) is 21.9. The molecule has 1 aliphatic heterocycles. The van der Waals surface area contributed by atoms with Gasteiger partial charge < -0.3 is 24.3 Å². The molecule has 8 heteroatoms. The lowest BCUT2D eigenvalue weighted by Crippen LogP contribution is -2.78. The van der Waals surface area contributed by atoms with E-state index in [9.17, 15) is 19.7 Å². The molecule has 7 nitrogen and oxygen atoms in total. The van der Waals surface area contributed by atoms with Crippen molar-refractivity contribution in [1.29, 1.82) is 0 Å². The highest BCUT2D eigenvalue weighted by Crippen LogP contribution is 2.79. The Morgan fingerprint density at radius 2 is 2.05 bits per heavy atom. The van der Waals surface area contributed by atoms with E-state index in [1.807, 2.05) is 26.0 Å². The molecule has 0 aromatic heterocycles. The van der Waals surface area contributed by atoms with Crippen LogP contribution in [0.3, 0.4) is 0 Å². The van der Waals surface area contributed by atoms with Crippen LogP contribution in [-0.4, -0.2) is 47.8 Å². The molecule has 5 bridgehead atoms. The lowest BCUT2D eigenvalue weighted by Gasteiger charge is -2.78. The van der Waals surface area contributed by atoms with E-state index in [4.69, 9.17) is 14.1 Å². The van der Waals surface area contributed by atoms with Gasteiger partial charge in [-0.2, -0.15) is 0 Å². The molecule has 7 rings (SSSR count). The van der Waals surface area contributed by atoms with Crippen LogP contribution in [-0.2, 0) is 25.6 Å². The maximum atomic E-state index is 13.4. The summed E-state index contributed by atoms with van der Waals surface area (Å²) in [6, 6.07) is 3.64. The summed E-state index contributed by atoms with van der Waals surface area (Å²) in [7, 11) is -0.996. The molecule has 2 N–H and O–H groups in total. The number of benzene rings is 1. The Labute approximate surface area is 231 Å². The topological polar surface area (TPSA) is 102 Å². The first-order valence-corrected chi connectivity index (χ1v) is 14.5. The zero-order valence-corrected chi connectivity index (χ0v) is 23.7. The summed E-state index contributed by atoms with van der Waals surface area (Å²) < 4.78 is 17.6. The molecule has 5 saturated carbocycles. The maximum Gasteiger partial charge on any atom is 0.492 e. The molecule has 6 aliphatic rings. The van der Waals surface area contributed by atoms with Gasteiger partial charge in [0.05, 0.1) is 12.7 Å². The van der Waals surface area contributed by atoms with E-state index in [2.05, 4.69) is 27.4 Å². The first kappa shape index (κ1) is 27.0. The molecule has 1 heterocycles.